The van der Waals surface area contributed by atoms with Crippen LogP contribution in [0, 0.1) is 0 Å². The normalized spacial score (nSPS) is 10.6. The lowest BCUT2D eigenvalue weighted by Gasteiger charge is -2.08. The molecule has 30 heavy (non-hydrogen) atoms. The van der Waals surface area contributed by atoms with Crippen LogP contribution >= 0.6 is 11.6 Å². The van der Waals surface area contributed by atoms with E-state index in [2.05, 4.69) is 30.7 Å². The minimum Gasteiger partial charge on any atom is -0.310 e. The van der Waals surface area contributed by atoms with Gasteiger partial charge >= 0.3 is 0 Å². The van der Waals surface area contributed by atoms with Crippen LogP contribution in [0.2, 0.25) is 5.02 Å². The number of nitrogens with zero attached hydrogens (tertiary/aromatic N) is 5. The second-order valence-corrected chi connectivity index (χ2v) is 6.95. The van der Waals surface area contributed by atoms with Crippen molar-refractivity contribution in [2.24, 2.45) is 7.05 Å². The molecule has 0 saturated heterocycles. The molecule has 0 fully saturated rings. The quantitative estimate of drug-likeness (QED) is 0.492. The molecule has 0 aliphatic rings. The highest BCUT2D eigenvalue weighted by atomic mass is 35.5. The van der Waals surface area contributed by atoms with Gasteiger partial charge in [-0.15, -0.1) is 0 Å². The van der Waals surface area contributed by atoms with E-state index in [1.54, 1.807) is 47.5 Å². The zero-order valence-corrected chi connectivity index (χ0v) is 16.8. The molecule has 0 aliphatic carbocycles. The van der Waals surface area contributed by atoms with Crippen LogP contribution in [0.1, 0.15) is 5.56 Å². The first-order valence-electron chi connectivity index (χ1n) is 9.15. The first-order valence-corrected chi connectivity index (χ1v) is 9.53. The van der Waals surface area contributed by atoms with E-state index in [9.17, 15) is 4.79 Å². The Morgan fingerprint density at radius 1 is 1.10 bits per heavy atom. The maximum Gasteiger partial charge on any atom is 0.229 e. The number of carbonyl (C=O) groups excluding carboxylic acids is 1. The van der Waals surface area contributed by atoms with Crippen LogP contribution in [0.4, 0.5) is 17.6 Å². The van der Waals surface area contributed by atoms with Gasteiger partial charge in [-0.2, -0.15) is 5.10 Å². The summed E-state index contributed by atoms with van der Waals surface area (Å²) in [6.07, 6.45) is 5.24. The van der Waals surface area contributed by atoms with Crippen LogP contribution in [-0.4, -0.2) is 30.6 Å². The van der Waals surface area contributed by atoms with Gasteiger partial charge in [-0.05, 0) is 35.9 Å². The zero-order chi connectivity index (χ0) is 20.9. The molecule has 2 N–H and O–H groups in total. The summed E-state index contributed by atoms with van der Waals surface area (Å²) in [5.74, 6) is 1.54. The van der Waals surface area contributed by atoms with Crippen molar-refractivity contribution in [2.75, 3.05) is 10.6 Å². The van der Waals surface area contributed by atoms with Gasteiger partial charge in [-0.3, -0.25) is 9.48 Å². The maximum atomic E-state index is 12.2. The molecule has 150 valence electrons. The minimum absolute atomic E-state index is 0.165. The summed E-state index contributed by atoms with van der Waals surface area (Å²) < 4.78 is 1.69. The number of hydrogen-bond donors (Lipinski definition) is 2. The average molecular weight is 420 g/mol. The fourth-order valence-electron chi connectivity index (χ4n) is 2.83. The molecule has 0 aliphatic heterocycles. The predicted octanol–water partition coefficient (Wildman–Crippen LogP) is 3.85. The molecule has 1 aromatic carbocycles. The zero-order valence-electron chi connectivity index (χ0n) is 16.1. The Morgan fingerprint density at radius 2 is 2.00 bits per heavy atom. The van der Waals surface area contributed by atoms with Crippen molar-refractivity contribution in [1.29, 1.82) is 0 Å². The van der Waals surface area contributed by atoms with Crippen molar-refractivity contribution < 1.29 is 4.79 Å². The molecular formula is C21H18ClN7O. The third-order valence-corrected chi connectivity index (χ3v) is 4.53. The molecular weight excluding hydrogens is 402 g/mol. The highest BCUT2D eigenvalue weighted by molar-refractivity contribution is 6.30. The van der Waals surface area contributed by atoms with Crippen molar-refractivity contribution in [2.45, 2.75) is 6.42 Å². The lowest BCUT2D eigenvalue weighted by atomic mass is 10.1. The highest BCUT2D eigenvalue weighted by Gasteiger charge is 2.08. The number of amides is 1. The summed E-state index contributed by atoms with van der Waals surface area (Å²) in [5.41, 5.74) is 2.35. The molecule has 8 nitrogen and oxygen atoms in total. The minimum atomic E-state index is -0.165. The number of anilines is 3. The number of aryl methyl sites for hydroxylation is 1. The van der Waals surface area contributed by atoms with E-state index in [0.717, 1.165) is 16.9 Å². The summed E-state index contributed by atoms with van der Waals surface area (Å²) >= 11 is 5.96. The third kappa shape index (κ3) is 4.79. The molecule has 3 aromatic heterocycles. The van der Waals surface area contributed by atoms with E-state index in [-0.39, 0.29) is 12.3 Å². The Kier molecular flexibility index (Phi) is 5.67. The van der Waals surface area contributed by atoms with Crippen LogP contribution in [0.5, 0.6) is 0 Å². The van der Waals surface area contributed by atoms with Crippen LogP contribution < -0.4 is 10.6 Å². The van der Waals surface area contributed by atoms with Gasteiger partial charge in [-0.1, -0.05) is 23.7 Å². The van der Waals surface area contributed by atoms with E-state index in [0.29, 0.717) is 22.5 Å². The van der Waals surface area contributed by atoms with Crippen LogP contribution in [0.25, 0.3) is 11.3 Å². The summed E-state index contributed by atoms with van der Waals surface area (Å²) in [5, 5.41) is 10.6. The smallest absolute Gasteiger partial charge is 0.229 e. The Bertz CT molecular complexity index is 1170. The topological polar surface area (TPSA) is 97.6 Å². The van der Waals surface area contributed by atoms with Crippen molar-refractivity contribution in [3.63, 3.8) is 0 Å². The van der Waals surface area contributed by atoms with Crippen molar-refractivity contribution in [1.82, 2.24) is 24.7 Å². The number of hydrogen-bond acceptors (Lipinski definition) is 6. The number of benzene rings is 1. The largest absolute Gasteiger partial charge is 0.310 e. The lowest BCUT2D eigenvalue weighted by molar-refractivity contribution is -0.115. The van der Waals surface area contributed by atoms with Crippen molar-refractivity contribution in [3.8, 4) is 11.3 Å². The summed E-state index contributed by atoms with van der Waals surface area (Å²) in [7, 11) is 1.83. The van der Waals surface area contributed by atoms with Gasteiger partial charge in [0.05, 0.1) is 18.3 Å². The van der Waals surface area contributed by atoms with E-state index in [1.807, 2.05) is 31.3 Å². The van der Waals surface area contributed by atoms with Gasteiger partial charge in [0.15, 0.2) is 0 Å². The first kappa shape index (κ1) is 19.5. The molecule has 0 bridgehead atoms. The monoisotopic (exact) mass is 419 g/mol. The summed E-state index contributed by atoms with van der Waals surface area (Å²) in [6, 6.07) is 14.4. The second kappa shape index (κ2) is 8.71. The number of carbonyl (C=O) groups is 1. The van der Waals surface area contributed by atoms with Crippen LogP contribution in [0.3, 0.4) is 0 Å². The number of halogens is 1. The molecule has 3 heterocycles. The number of pyridine rings is 1. The van der Waals surface area contributed by atoms with Crippen LogP contribution in [-0.2, 0) is 18.3 Å². The molecule has 0 unspecified atom stereocenters. The lowest BCUT2D eigenvalue weighted by Crippen LogP contribution is -2.15. The Labute approximate surface area is 178 Å². The first-order chi connectivity index (χ1) is 14.6. The fraction of sp³-hybridized carbons (Fsp3) is 0.0952. The van der Waals surface area contributed by atoms with Gasteiger partial charge in [0.2, 0.25) is 11.9 Å². The molecule has 0 radical (unpaired) electrons. The van der Waals surface area contributed by atoms with E-state index >= 15 is 0 Å². The number of aromatic nitrogens is 5. The van der Waals surface area contributed by atoms with Gasteiger partial charge in [-0.25, -0.2) is 15.0 Å². The molecule has 1 amide bonds. The Balaban J connectivity index is 1.42. The van der Waals surface area contributed by atoms with Crippen LogP contribution in [0.15, 0.2) is 67.1 Å². The van der Waals surface area contributed by atoms with Gasteiger partial charge in [0.25, 0.3) is 0 Å². The number of rotatable bonds is 6. The predicted molar refractivity (Wildman–Crippen MR) is 116 cm³/mol. The molecule has 0 saturated carbocycles. The maximum absolute atomic E-state index is 12.2. The van der Waals surface area contributed by atoms with Gasteiger partial charge in [0.1, 0.15) is 11.6 Å². The van der Waals surface area contributed by atoms with Crippen molar-refractivity contribution in [3.05, 3.63) is 77.7 Å². The van der Waals surface area contributed by atoms with E-state index in [1.165, 1.54) is 0 Å². The molecule has 4 aromatic rings. The average Bonchev–Trinajstić information content (AvgIpc) is 3.13. The van der Waals surface area contributed by atoms with Gasteiger partial charge in [0, 0.05) is 36.1 Å². The highest BCUT2D eigenvalue weighted by Crippen LogP contribution is 2.20. The second-order valence-electron chi connectivity index (χ2n) is 6.52. The molecule has 4 rings (SSSR count). The van der Waals surface area contributed by atoms with E-state index in [4.69, 9.17) is 11.6 Å². The standard InChI is InChI=1S/C21H18ClN7O/c1-29-19(8-10-25-29)28-21-23-9-7-17(26-21)15-5-6-18(24-13-15)27-20(30)12-14-3-2-4-16(22)11-14/h2-11,13H,12H2,1H3,(H,23,26,28)(H,24,27,30). The Hall–Kier alpha value is -3.78. The Morgan fingerprint density at radius 3 is 2.73 bits per heavy atom. The van der Waals surface area contributed by atoms with E-state index < -0.39 is 0 Å². The third-order valence-electron chi connectivity index (χ3n) is 4.30. The molecule has 0 atom stereocenters. The van der Waals surface area contributed by atoms with Gasteiger partial charge < -0.3 is 10.6 Å². The molecule has 9 heteroatoms. The number of nitrogens with one attached hydrogen (secondary N) is 2. The molecule has 0 spiro atoms. The summed E-state index contributed by atoms with van der Waals surface area (Å²) in [6.45, 7) is 0. The summed E-state index contributed by atoms with van der Waals surface area (Å²) in [4.78, 5) is 25.3. The van der Waals surface area contributed by atoms with Crippen molar-refractivity contribution >= 4 is 35.1 Å². The SMILES string of the molecule is Cn1nccc1Nc1nccc(-c2ccc(NC(=O)Cc3cccc(Cl)c3)nc2)n1. The fourth-order valence-corrected chi connectivity index (χ4v) is 3.04.